The summed E-state index contributed by atoms with van der Waals surface area (Å²) in [5.74, 6) is 0. The highest BCUT2D eigenvalue weighted by molar-refractivity contribution is 9.10. The second kappa shape index (κ2) is 4.87. The second-order valence-corrected chi connectivity index (χ2v) is 4.25. The third kappa shape index (κ3) is 2.77. The number of halogens is 1. The lowest BCUT2D eigenvalue weighted by Crippen LogP contribution is -2.20. The maximum absolute atomic E-state index is 5.39. The van der Waals surface area contributed by atoms with Crippen LogP contribution in [0.15, 0.2) is 22.8 Å². The summed E-state index contributed by atoms with van der Waals surface area (Å²) in [7, 11) is 0. The summed E-state index contributed by atoms with van der Waals surface area (Å²) in [6, 6.07) is 4.06. The standard InChI is InChI=1S/C10H13BrN2O/c11-9-2-3-10(12-8-9)4-6-13-5-1-7-14-13/h2-3,8H,1,4-7H2. The molecule has 1 aromatic heterocycles. The molecule has 0 N–H and O–H groups in total. The molecule has 3 nitrogen and oxygen atoms in total. The molecular weight excluding hydrogens is 244 g/mol. The van der Waals surface area contributed by atoms with Crippen molar-refractivity contribution in [1.29, 1.82) is 0 Å². The Morgan fingerprint density at radius 2 is 2.43 bits per heavy atom. The van der Waals surface area contributed by atoms with Crippen LogP contribution in [-0.2, 0) is 11.3 Å². The molecule has 2 rings (SSSR count). The predicted octanol–water partition coefficient (Wildman–Crippen LogP) is 2.02. The summed E-state index contributed by atoms with van der Waals surface area (Å²) in [6.45, 7) is 2.86. The molecule has 0 radical (unpaired) electrons. The molecule has 0 spiro atoms. The van der Waals surface area contributed by atoms with E-state index in [9.17, 15) is 0 Å². The monoisotopic (exact) mass is 256 g/mol. The SMILES string of the molecule is Brc1ccc(CCN2CCCO2)nc1. The number of nitrogens with zero attached hydrogens (tertiary/aromatic N) is 2. The van der Waals surface area contributed by atoms with Crippen molar-refractivity contribution >= 4 is 15.9 Å². The molecule has 0 saturated carbocycles. The second-order valence-electron chi connectivity index (χ2n) is 3.33. The minimum absolute atomic E-state index is 0.869. The van der Waals surface area contributed by atoms with Gasteiger partial charge in [-0.1, -0.05) is 0 Å². The average molecular weight is 257 g/mol. The van der Waals surface area contributed by atoms with Gasteiger partial charge < -0.3 is 0 Å². The van der Waals surface area contributed by atoms with E-state index < -0.39 is 0 Å². The molecule has 0 atom stereocenters. The van der Waals surface area contributed by atoms with Crippen molar-refractivity contribution in [2.75, 3.05) is 19.7 Å². The van der Waals surface area contributed by atoms with Crippen molar-refractivity contribution in [3.63, 3.8) is 0 Å². The van der Waals surface area contributed by atoms with Gasteiger partial charge in [0, 0.05) is 35.9 Å². The molecule has 0 bridgehead atoms. The average Bonchev–Trinajstić information content (AvgIpc) is 2.70. The molecule has 2 heterocycles. The van der Waals surface area contributed by atoms with E-state index in [0.29, 0.717) is 0 Å². The van der Waals surface area contributed by atoms with Gasteiger partial charge in [0.05, 0.1) is 6.61 Å². The van der Waals surface area contributed by atoms with Crippen molar-refractivity contribution in [1.82, 2.24) is 10.0 Å². The summed E-state index contributed by atoms with van der Waals surface area (Å²) >= 11 is 3.37. The lowest BCUT2D eigenvalue weighted by atomic mass is 10.3. The third-order valence-corrected chi connectivity index (χ3v) is 2.70. The van der Waals surface area contributed by atoms with E-state index in [1.54, 1.807) is 0 Å². The van der Waals surface area contributed by atoms with Gasteiger partial charge in [-0.25, -0.2) is 0 Å². The predicted molar refractivity (Wildman–Crippen MR) is 57.8 cm³/mol. The highest BCUT2D eigenvalue weighted by Crippen LogP contribution is 2.09. The molecule has 1 aliphatic rings. The van der Waals surface area contributed by atoms with E-state index in [1.165, 1.54) is 0 Å². The third-order valence-electron chi connectivity index (χ3n) is 2.23. The number of pyridine rings is 1. The first-order valence-corrected chi connectivity index (χ1v) is 5.62. The van der Waals surface area contributed by atoms with Gasteiger partial charge in [0.1, 0.15) is 0 Å². The van der Waals surface area contributed by atoms with Crippen molar-refractivity contribution in [3.05, 3.63) is 28.5 Å². The van der Waals surface area contributed by atoms with E-state index in [2.05, 4.69) is 20.9 Å². The van der Waals surface area contributed by atoms with Gasteiger partial charge in [0.25, 0.3) is 0 Å². The lowest BCUT2D eigenvalue weighted by Gasteiger charge is -2.12. The summed E-state index contributed by atoms with van der Waals surface area (Å²) in [4.78, 5) is 9.70. The van der Waals surface area contributed by atoms with Crippen LogP contribution in [0.1, 0.15) is 12.1 Å². The van der Waals surface area contributed by atoms with Crippen LogP contribution >= 0.6 is 15.9 Å². The van der Waals surface area contributed by atoms with Gasteiger partial charge in [0.2, 0.25) is 0 Å². The van der Waals surface area contributed by atoms with Crippen LogP contribution in [0.25, 0.3) is 0 Å². The first kappa shape index (κ1) is 10.1. The molecule has 1 saturated heterocycles. The smallest absolute Gasteiger partial charge is 0.0698 e. The van der Waals surface area contributed by atoms with Crippen LogP contribution in [0.5, 0.6) is 0 Å². The molecule has 76 valence electrons. The largest absolute Gasteiger partial charge is 0.299 e. The Hall–Kier alpha value is -0.450. The quantitative estimate of drug-likeness (QED) is 0.828. The van der Waals surface area contributed by atoms with Crippen molar-refractivity contribution in [2.24, 2.45) is 0 Å². The van der Waals surface area contributed by atoms with Crippen LogP contribution < -0.4 is 0 Å². The molecule has 4 heteroatoms. The highest BCUT2D eigenvalue weighted by atomic mass is 79.9. The molecule has 0 aliphatic carbocycles. The Morgan fingerprint density at radius 3 is 3.07 bits per heavy atom. The van der Waals surface area contributed by atoms with Crippen molar-refractivity contribution < 1.29 is 4.84 Å². The molecule has 1 fully saturated rings. The Balaban J connectivity index is 1.82. The van der Waals surface area contributed by atoms with E-state index in [-0.39, 0.29) is 0 Å². The van der Waals surface area contributed by atoms with Crippen LogP contribution in [0.4, 0.5) is 0 Å². The molecular formula is C10H13BrN2O. The number of aromatic nitrogens is 1. The summed E-state index contributed by atoms with van der Waals surface area (Å²) in [5, 5.41) is 2.02. The van der Waals surface area contributed by atoms with E-state index in [4.69, 9.17) is 4.84 Å². The van der Waals surface area contributed by atoms with Crippen LogP contribution in [0.2, 0.25) is 0 Å². The summed E-state index contributed by atoms with van der Waals surface area (Å²) in [5.41, 5.74) is 1.11. The topological polar surface area (TPSA) is 25.4 Å². The number of hydrogen-bond acceptors (Lipinski definition) is 3. The Bertz CT molecular complexity index is 283. The Labute approximate surface area is 92.2 Å². The fraction of sp³-hybridized carbons (Fsp3) is 0.500. The molecule has 0 amide bonds. The van der Waals surface area contributed by atoms with Gasteiger partial charge in [-0.2, -0.15) is 5.06 Å². The maximum Gasteiger partial charge on any atom is 0.0698 e. The molecule has 1 aromatic rings. The van der Waals surface area contributed by atoms with Crippen LogP contribution in [0, 0.1) is 0 Å². The Morgan fingerprint density at radius 1 is 1.50 bits per heavy atom. The van der Waals surface area contributed by atoms with Crippen molar-refractivity contribution in [2.45, 2.75) is 12.8 Å². The first-order valence-electron chi connectivity index (χ1n) is 4.83. The highest BCUT2D eigenvalue weighted by Gasteiger charge is 2.11. The van der Waals surface area contributed by atoms with Crippen LogP contribution in [0.3, 0.4) is 0 Å². The fourth-order valence-electron chi connectivity index (χ4n) is 1.47. The van der Waals surface area contributed by atoms with Crippen LogP contribution in [-0.4, -0.2) is 29.7 Å². The van der Waals surface area contributed by atoms with E-state index >= 15 is 0 Å². The van der Waals surface area contributed by atoms with E-state index in [0.717, 1.165) is 42.7 Å². The molecule has 0 aromatic carbocycles. The molecule has 14 heavy (non-hydrogen) atoms. The van der Waals surface area contributed by atoms with Crippen molar-refractivity contribution in [3.8, 4) is 0 Å². The minimum Gasteiger partial charge on any atom is -0.299 e. The van der Waals surface area contributed by atoms with Gasteiger partial charge in [-0.15, -0.1) is 0 Å². The minimum atomic E-state index is 0.869. The zero-order valence-electron chi connectivity index (χ0n) is 7.95. The molecule has 1 aliphatic heterocycles. The first-order chi connectivity index (χ1) is 6.84. The normalized spacial score (nSPS) is 17.5. The van der Waals surface area contributed by atoms with Gasteiger partial charge in [-0.05, 0) is 34.5 Å². The lowest BCUT2D eigenvalue weighted by molar-refractivity contribution is -0.108. The summed E-state index contributed by atoms with van der Waals surface area (Å²) in [6.07, 6.45) is 3.93. The molecule has 0 unspecified atom stereocenters. The number of hydroxylamine groups is 2. The maximum atomic E-state index is 5.39. The van der Waals surface area contributed by atoms with Gasteiger partial charge >= 0.3 is 0 Å². The number of rotatable bonds is 3. The van der Waals surface area contributed by atoms with Gasteiger partial charge in [-0.3, -0.25) is 9.82 Å². The Kier molecular flexibility index (Phi) is 3.50. The fourth-order valence-corrected chi connectivity index (χ4v) is 1.70. The number of hydrogen-bond donors (Lipinski definition) is 0. The zero-order valence-corrected chi connectivity index (χ0v) is 9.53. The zero-order chi connectivity index (χ0) is 9.80. The summed E-state index contributed by atoms with van der Waals surface area (Å²) < 4.78 is 1.03. The van der Waals surface area contributed by atoms with Gasteiger partial charge in [0.15, 0.2) is 0 Å². The van der Waals surface area contributed by atoms with E-state index in [1.807, 2.05) is 23.4 Å².